The van der Waals surface area contributed by atoms with Crippen LogP contribution in [0.15, 0.2) is 12.4 Å². The summed E-state index contributed by atoms with van der Waals surface area (Å²) < 4.78 is 26.6. The molecular formula is C16H26N4O3S. The highest BCUT2D eigenvalue weighted by atomic mass is 32.2. The van der Waals surface area contributed by atoms with E-state index in [0.717, 1.165) is 31.5 Å². The Morgan fingerprint density at radius 3 is 2.50 bits per heavy atom. The van der Waals surface area contributed by atoms with Gasteiger partial charge in [-0.25, -0.2) is 17.7 Å². The molecule has 1 amide bonds. The molecule has 2 aliphatic rings. The summed E-state index contributed by atoms with van der Waals surface area (Å²) in [5.41, 5.74) is 0. The number of nitrogens with zero attached hydrogens (tertiary/aromatic N) is 3. The summed E-state index contributed by atoms with van der Waals surface area (Å²) >= 11 is 0. The number of amides is 1. The molecule has 1 aromatic rings. The molecule has 24 heavy (non-hydrogen) atoms. The number of imidazole rings is 1. The Morgan fingerprint density at radius 2 is 2.00 bits per heavy atom. The Balaban J connectivity index is 1.53. The molecule has 1 N–H and O–H groups in total. The molecule has 0 aromatic carbocycles. The van der Waals surface area contributed by atoms with Gasteiger partial charge in [0.25, 0.3) is 0 Å². The first-order valence-electron chi connectivity index (χ1n) is 8.56. The Hall–Kier alpha value is -1.41. The second kappa shape index (κ2) is 6.84. The maximum atomic E-state index is 12.5. The lowest BCUT2D eigenvalue weighted by Gasteiger charge is -2.30. The lowest BCUT2D eigenvalue weighted by molar-refractivity contribution is -0.123. The summed E-state index contributed by atoms with van der Waals surface area (Å²) in [4.78, 5) is 16.8. The SMILES string of the molecule is Cn1ccnc1[C@H](NC(=O)CC1CCN(S(C)(=O)=O)CC1)C1CC1. The van der Waals surface area contributed by atoms with Crippen LogP contribution in [0.5, 0.6) is 0 Å². The molecule has 2 fully saturated rings. The number of piperidine rings is 1. The Morgan fingerprint density at radius 1 is 1.33 bits per heavy atom. The van der Waals surface area contributed by atoms with E-state index in [1.165, 1.54) is 10.6 Å². The number of hydrogen-bond donors (Lipinski definition) is 1. The van der Waals surface area contributed by atoms with Gasteiger partial charge in [0.2, 0.25) is 15.9 Å². The van der Waals surface area contributed by atoms with E-state index in [4.69, 9.17) is 0 Å². The second-order valence-electron chi connectivity index (χ2n) is 7.09. The Bertz CT molecular complexity index is 688. The summed E-state index contributed by atoms with van der Waals surface area (Å²) in [6.07, 6.45) is 9.12. The van der Waals surface area contributed by atoms with E-state index in [1.807, 2.05) is 17.8 Å². The lowest BCUT2D eigenvalue weighted by Crippen LogP contribution is -2.39. The Labute approximate surface area is 143 Å². The van der Waals surface area contributed by atoms with E-state index in [9.17, 15) is 13.2 Å². The highest BCUT2D eigenvalue weighted by Crippen LogP contribution is 2.40. The molecule has 1 aromatic heterocycles. The van der Waals surface area contributed by atoms with Crippen molar-refractivity contribution in [3.63, 3.8) is 0 Å². The number of sulfonamides is 1. The van der Waals surface area contributed by atoms with Gasteiger partial charge in [-0.15, -0.1) is 0 Å². The van der Waals surface area contributed by atoms with Crippen LogP contribution in [0.1, 0.15) is 44.0 Å². The van der Waals surface area contributed by atoms with Gasteiger partial charge in [0.1, 0.15) is 5.82 Å². The van der Waals surface area contributed by atoms with Crippen molar-refractivity contribution >= 4 is 15.9 Å². The summed E-state index contributed by atoms with van der Waals surface area (Å²) in [5.74, 6) is 1.71. The van der Waals surface area contributed by atoms with Gasteiger partial charge < -0.3 is 9.88 Å². The van der Waals surface area contributed by atoms with Crippen molar-refractivity contribution in [1.29, 1.82) is 0 Å². The molecule has 0 radical (unpaired) electrons. The topological polar surface area (TPSA) is 84.3 Å². The molecular weight excluding hydrogens is 328 g/mol. The van der Waals surface area contributed by atoms with E-state index >= 15 is 0 Å². The third-order valence-corrected chi connectivity index (χ3v) is 6.37. The van der Waals surface area contributed by atoms with Crippen LogP contribution in [0.25, 0.3) is 0 Å². The van der Waals surface area contributed by atoms with Gasteiger partial charge in [0, 0.05) is 39.0 Å². The maximum Gasteiger partial charge on any atom is 0.220 e. The number of rotatable bonds is 6. The number of carbonyl (C=O) groups is 1. The van der Waals surface area contributed by atoms with Gasteiger partial charge >= 0.3 is 0 Å². The van der Waals surface area contributed by atoms with Gasteiger partial charge in [0.05, 0.1) is 12.3 Å². The minimum absolute atomic E-state index is 0.00592. The molecule has 8 heteroatoms. The summed E-state index contributed by atoms with van der Waals surface area (Å²) in [6.45, 7) is 1.03. The number of carbonyl (C=O) groups excluding carboxylic acids is 1. The Kier molecular flexibility index (Phi) is 4.96. The first-order valence-corrected chi connectivity index (χ1v) is 10.4. The molecule has 1 aliphatic carbocycles. The highest BCUT2D eigenvalue weighted by Gasteiger charge is 2.36. The molecule has 0 spiro atoms. The van der Waals surface area contributed by atoms with Crippen LogP contribution in [-0.2, 0) is 21.9 Å². The third-order valence-electron chi connectivity index (χ3n) is 5.06. The predicted molar refractivity (Wildman–Crippen MR) is 90.6 cm³/mol. The second-order valence-corrected chi connectivity index (χ2v) is 9.07. The van der Waals surface area contributed by atoms with E-state index < -0.39 is 10.0 Å². The number of aromatic nitrogens is 2. The fourth-order valence-electron chi connectivity index (χ4n) is 3.44. The van der Waals surface area contributed by atoms with Crippen molar-refractivity contribution in [2.45, 2.75) is 38.1 Å². The first-order chi connectivity index (χ1) is 11.3. The molecule has 134 valence electrons. The average molecular weight is 354 g/mol. The van der Waals surface area contributed by atoms with E-state index in [0.29, 0.717) is 25.4 Å². The zero-order chi connectivity index (χ0) is 17.3. The van der Waals surface area contributed by atoms with Crippen LogP contribution in [0.2, 0.25) is 0 Å². The van der Waals surface area contributed by atoms with Gasteiger partial charge in [-0.05, 0) is 37.5 Å². The molecule has 0 bridgehead atoms. The van der Waals surface area contributed by atoms with Crippen LogP contribution < -0.4 is 5.32 Å². The lowest BCUT2D eigenvalue weighted by atomic mass is 9.94. The van der Waals surface area contributed by atoms with Crippen molar-refractivity contribution in [2.75, 3.05) is 19.3 Å². The average Bonchev–Trinajstić information content (AvgIpc) is 3.26. The zero-order valence-electron chi connectivity index (χ0n) is 14.3. The summed E-state index contributed by atoms with van der Waals surface area (Å²) in [6, 6.07) is -0.00592. The molecule has 2 heterocycles. The van der Waals surface area contributed by atoms with Gasteiger partial charge in [-0.3, -0.25) is 4.79 Å². The van der Waals surface area contributed by atoms with Gasteiger partial charge in [0.15, 0.2) is 0 Å². The summed E-state index contributed by atoms with van der Waals surface area (Å²) in [7, 11) is -1.16. The van der Waals surface area contributed by atoms with Crippen LogP contribution in [0, 0.1) is 11.8 Å². The molecule has 1 saturated carbocycles. The predicted octanol–water partition coefficient (Wildman–Crippen LogP) is 1.05. The molecule has 3 rings (SSSR count). The molecule has 7 nitrogen and oxygen atoms in total. The fraction of sp³-hybridized carbons (Fsp3) is 0.750. The number of aryl methyl sites for hydroxylation is 1. The molecule has 1 aliphatic heterocycles. The smallest absolute Gasteiger partial charge is 0.220 e. The van der Waals surface area contributed by atoms with Crippen LogP contribution in [-0.4, -0.2) is 47.5 Å². The quantitative estimate of drug-likeness (QED) is 0.827. The van der Waals surface area contributed by atoms with E-state index in [2.05, 4.69) is 10.3 Å². The molecule has 0 unspecified atom stereocenters. The van der Waals surface area contributed by atoms with Crippen LogP contribution in [0.3, 0.4) is 0 Å². The van der Waals surface area contributed by atoms with E-state index in [1.54, 1.807) is 6.20 Å². The fourth-order valence-corrected chi connectivity index (χ4v) is 4.31. The third kappa shape index (κ3) is 4.16. The zero-order valence-corrected chi connectivity index (χ0v) is 15.1. The minimum Gasteiger partial charge on any atom is -0.346 e. The number of hydrogen-bond acceptors (Lipinski definition) is 4. The standard InChI is InChI=1S/C16H26N4O3S/c1-19-10-7-17-16(19)15(13-3-4-13)18-14(21)11-12-5-8-20(9-6-12)24(2,22)23/h7,10,12-13,15H,3-6,8-9,11H2,1-2H3,(H,18,21)/t15-/m1/s1. The van der Waals surface area contributed by atoms with E-state index in [-0.39, 0.29) is 17.9 Å². The minimum atomic E-state index is -3.11. The monoisotopic (exact) mass is 354 g/mol. The van der Waals surface area contributed by atoms with Crippen LogP contribution >= 0.6 is 0 Å². The summed E-state index contributed by atoms with van der Waals surface area (Å²) in [5, 5.41) is 3.16. The van der Waals surface area contributed by atoms with Gasteiger partial charge in [-0.1, -0.05) is 0 Å². The normalized spacial score (nSPS) is 21.6. The van der Waals surface area contributed by atoms with Crippen molar-refractivity contribution in [1.82, 2.24) is 19.2 Å². The molecule has 1 saturated heterocycles. The first kappa shape index (κ1) is 17.4. The van der Waals surface area contributed by atoms with Crippen molar-refractivity contribution in [3.8, 4) is 0 Å². The van der Waals surface area contributed by atoms with Gasteiger partial charge in [-0.2, -0.15) is 0 Å². The van der Waals surface area contributed by atoms with Crippen LogP contribution in [0.4, 0.5) is 0 Å². The highest BCUT2D eigenvalue weighted by molar-refractivity contribution is 7.88. The van der Waals surface area contributed by atoms with Crippen molar-refractivity contribution in [2.24, 2.45) is 18.9 Å². The largest absolute Gasteiger partial charge is 0.346 e. The molecule has 1 atom stereocenters. The number of nitrogens with one attached hydrogen (secondary N) is 1. The van der Waals surface area contributed by atoms with Crippen molar-refractivity contribution in [3.05, 3.63) is 18.2 Å². The maximum absolute atomic E-state index is 12.5. The van der Waals surface area contributed by atoms with Crippen molar-refractivity contribution < 1.29 is 13.2 Å².